The highest BCUT2D eigenvalue weighted by Crippen LogP contribution is 2.30. The Kier molecular flexibility index (Phi) is 8.04. The van der Waals surface area contributed by atoms with Gasteiger partial charge < -0.3 is 19.4 Å². The lowest BCUT2D eigenvalue weighted by molar-refractivity contribution is -0.384. The number of amides is 1. The average molecular weight is 520 g/mol. The van der Waals surface area contributed by atoms with Gasteiger partial charge >= 0.3 is 0 Å². The zero-order valence-electron chi connectivity index (χ0n) is 20.5. The molecule has 0 aliphatic carbocycles. The Morgan fingerprint density at radius 1 is 1.03 bits per heavy atom. The second kappa shape index (κ2) is 11.6. The van der Waals surface area contributed by atoms with Crippen molar-refractivity contribution in [2.75, 3.05) is 19.5 Å². The van der Waals surface area contributed by atoms with Gasteiger partial charge in [0.1, 0.15) is 11.5 Å². The van der Waals surface area contributed by atoms with Crippen molar-refractivity contribution in [3.8, 4) is 22.9 Å². The van der Waals surface area contributed by atoms with Crippen LogP contribution in [-0.2, 0) is 12.3 Å². The molecule has 4 rings (SSSR count). The number of carbonyl (C=O) groups excluding carboxylic acids is 1. The van der Waals surface area contributed by atoms with E-state index < -0.39 is 4.92 Å². The second-order valence-corrected chi connectivity index (χ2v) is 8.80. The van der Waals surface area contributed by atoms with Crippen LogP contribution in [0.5, 0.6) is 11.5 Å². The van der Waals surface area contributed by atoms with Crippen molar-refractivity contribution in [2.45, 2.75) is 24.4 Å². The predicted molar refractivity (Wildman–Crippen MR) is 141 cm³/mol. The first kappa shape index (κ1) is 25.7. The fourth-order valence-corrected chi connectivity index (χ4v) is 4.59. The Morgan fingerprint density at radius 3 is 2.38 bits per heavy atom. The highest BCUT2D eigenvalue weighted by molar-refractivity contribution is 7.98. The minimum absolute atomic E-state index is 0.0284. The van der Waals surface area contributed by atoms with Crippen molar-refractivity contribution >= 4 is 29.0 Å². The molecule has 190 valence electrons. The van der Waals surface area contributed by atoms with Crippen LogP contribution in [0.25, 0.3) is 11.4 Å². The van der Waals surface area contributed by atoms with Crippen LogP contribution in [0.4, 0.5) is 11.4 Å². The molecule has 0 saturated carbocycles. The molecule has 1 heterocycles. The maximum absolute atomic E-state index is 12.8. The second-order valence-electron chi connectivity index (χ2n) is 7.86. The van der Waals surface area contributed by atoms with Crippen molar-refractivity contribution in [3.05, 3.63) is 88.0 Å². The summed E-state index contributed by atoms with van der Waals surface area (Å²) in [6.45, 7) is 2.64. The van der Waals surface area contributed by atoms with Crippen molar-refractivity contribution in [1.82, 2.24) is 14.8 Å². The van der Waals surface area contributed by atoms with Crippen molar-refractivity contribution < 1.29 is 19.2 Å². The Hall–Kier alpha value is -4.38. The number of hydrogen-bond acceptors (Lipinski definition) is 8. The van der Waals surface area contributed by atoms with Crippen molar-refractivity contribution in [3.63, 3.8) is 0 Å². The quantitative estimate of drug-likeness (QED) is 0.167. The lowest BCUT2D eigenvalue weighted by atomic mass is 10.1. The molecule has 3 aromatic carbocycles. The van der Waals surface area contributed by atoms with Gasteiger partial charge in [0.2, 0.25) is 0 Å². The number of ether oxygens (including phenoxy) is 2. The van der Waals surface area contributed by atoms with Crippen LogP contribution >= 0.6 is 11.8 Å². The molecule has 0 aliphatic heterocycles. The number of hydrogen-bond donors (Lipinski definition) is 1. The third-order valence-electron chi connectivity index (χ3n) is 5.61. The van der Waals surface area contributed by atoms with Gasteiger partial charge in [-0.2, -0.15) is 0 Å². The molecular formula is C26H25N5O5S. The number of nitrogens with zero attached hydrogens (tertiary/aromatic N) is 4. The topological polar surface area (TPSA) is 121 Å². The zero-order chi connectivity index (χ0) is 26.4. The summed E-state index contributed by atoms with van der Waals surface area (Å²) in [4.78, 5) is 23.3. The summed E-state index contributed by atoms with van der Waals surface area (Å²) in [7, 11) is 3.10. The molecule has 4 aromatic rings. The van der Waals surface area contributed by atoms with Gasteiger partial charge in [0.05, 0.1) is 24.8 Å². The first-order valence-corrected chi connectivity index (χ1v) is 12.3. The summed E-state index contributed by atoms with van der Waals surface area (Å²) in [6, 6.07) is 18.8. The minimum atomic E-state index is -0.430. The molecule has 0 atom stereocenters. The van der Waals surface area contributed by atoms with Crippen LogP contribution in [0, 0.1) is 10.1 Å². The number of carbonyl (C=O) groups is 1. The maximum Gasteiger partial charge on any atom is 0.269 e. The first-order chi connectivity index (χ1) is 17.9. The number of benzene rings is 3. The Morgan fingerprint density at radius 2 is 1.76 bits per heavy atom. The molecular weight excluding hydrogens is 494 g/mol. The predicted octanol–water partition coefficient (Wildman–Crippen LogP) is 5.44. The van der Waals surface area contributed by atoms with E-state index in [2.05, 4.69) is 15.5 Å². The molecule has 1 amide bonds. The number of nitro groups is 1. The van der Waals surface area contributed by atoms with Crippen LogP contribution in [0.15, 0.2) is 71.9 Å². The van der Waals surface area contributed by atoms with Crippen LogP contribution in [0.2, 0.25) is 0 Å². The Labute approximate surface area is 217 Å². The largest absolute Gasteiger partial charge is 0.497 e. The van der Waals surface area contributed by atoms with Gasteiger partial charge in [0, 0.05) is 41.6 Å². The molecule has 0 bridgehead atoms. The molecule has 0 saturated heterocycles. The normalized spacial score (nSPS) is 10.7. The third kappa shape index (κ3) is 5.89. The number of anilines is 1. The number of nitro benzene ring substituents is 1. The zero-order valence-corrected chi connectivity index (χ0v) is 21.3. The number of aromatic nitrogens is 3. The molecule has 11 heteroatoms. The van der Waals surface area contributed by atoms with E-state index >= 15 is 0 Å². The molecule has 0 aliphatic rings. The van der Waals surface area contributed by atoms with Gasteiger partial charge in [-0.15, -0.1) is 10.2 Å². The van der Waals surface area contributed by atoms with Crippen LogP contribution in [0.1, 0.15) is 22.8 Å². The van der Waals surface area contributed by atoms with E-state index in [4.69, 9.17) is 9.47 Å². The molecule has 1 N–H and O–H groups in total. The highest BCUT2D eigenvalue weighted by Gasteiger charge is 2.15. The van der Waals surface area contributed by atoms with Crippen LogP contribution in [-0.4, -0.2) is 39.8 Å². The van der Waals surface area contributed by atoms with E-state index in [0.29, 0.717) is 40.9 Å². The van der Waals surface area contributed by atoms with Gasteiger partial charge in [0.15, 0.2) is 11.0 Å². The minimum Gasteiger partial charge on any atom is -0.497 e. The molecule has 0 spiro atoms. The Bertz CT molecular complexity index is 1400. The monoisotopic (exact) mass is 519 g/mol. The van der Waals surface area contributed by atoms with Gasteiger partial charge in [-0.3, -0.25) is 14.9 Å². The lowest BCUT2D eigenvalue weighted by Crippen LogP contribution is -2.12. The van der Waals surface area contributed by atoms with Crippen molar-refractivity contribution in [1.29, 1.82) is 0 Å². The number of non-ortho nitro benzene ring substituents is 1. The lowest BCUT2D eigenvalue weighted by Gasteiger charge is -2.12. The summed E-state index contributed by atoms with van der Waals surface area (Å²) >= 11 is 1.52. The summed E-state index contributed by atoms with van der Waals surface area (Å²) in [6.07, 6.45) is 0. The molecule has 1 aromatic heterocycles. The number of thioether (sulfide) groups is 1. The molecule has 37 heavy (non-hydrogen) atoms. The fourth-order valence-electron chi connectivity index (χ4n) is 3.63. The van der Waals surface area contributed by atoms with E-state index in [1.807, 2.05) is 23.6 Å². The average Bonchev–Trinajstić information content (AvgIpc) is 3.35. The maximum atomic E-state index is 12.8. The summed E-state index contributed by atoms with van der Waals surface area (Å²) < 4.78 is 12.5. The van der Waals surface area contributed by atoms with E-state index in [1.54, 1.807) is 49.6 Å². The number of methoxy groups -OCH3 is 2. The van der Waals surface area contributed by atoms with Gasteiger partial charge in [0.25, 0.3) is 11.6 Å². The van der Waals surface area contributed by atoms with E-state index in [1.165, 1.54) is 31.0 Å². The van der Waals surface area contributed by atoms with Gasteiger partial charge in [-0.1, -0.05) is 23.9 Å². The molecule has 10 nitrogen and oxygen atoms in total. The summed E-state index contributed by atoms with van der Waals surface area (Å²) in [5, 5.41) is 23.1. The van der Waals surface area contributed by atoms with Crippen LogP contribution in [0.3, 0.4) is 0 Å². The molecule has 0 unspecified atom stereocenters. The van der Waals surface area contributed by atoms with Gasteiger partial charge in [-0.05, 0) is 48.9 Å². The summed E-state index contributed by atoms with van der Waals surface area (Å²) in [5.41, 5.74) is 2.84. The van der Waals surface area contributed by atoms with Gasteiger partial charge in [-0.25, -0.2) is 0 Å². The number of nitrogens with one attached hydrogen (secondary N) is 1. The smallest absolute Gasteiger partial charge is 0.269 e. The number of rotatable bonds is 10. The van der Waals surface area contributed by atoms with Crippen LogP contribution < -0.4 is 14.8 Å². The first-order valence-electron chi connectivity index (χ1n) is 11.4. The van der Waals surface area contributed by atoms with E-state index in [-0.39, 0.29) is 11.6 Å². The standard InChI is InChI=1S/C26H25N5O5S/c1-4-30-24(18-9-11-20(12-10-18)31(33)34)28-29-26(30)37-16-17-5-7-19(8-6-17)25(32)27-22-15-21(35-2)13-14-23(22)36-3/h5-15H,4,16H2,1-3H3,(H,27,32). The van der Waals surface area contributed by atoms with E-state index in [0.717, 1.165) is 16.3 Å². The Balaban J connectivity index is 1.42. The fraction of sp³-hybridized carbons (Fsp3) is 0.192. The van der Waals surface area contributed by atoms with E-state index in [9.17, 15) is 14.9 Å². The third-order valence-corrected chi connectivity index (χ3v) is 6.65. The molecule has 0 radical (unpaired) electrons. The highest BCUT2D eigenvalue weighted by atomic mass is 32.2. The van der Waals surface area contributed by atoms with Crippen molar-refractivity contribution in [2.24, 2.45) is 0 Å². The SMILES string of the molecule is CCn1c(SCc2ccc(C(=O)Nc3cc(OC)ccc3OC)cc2)nnc1-c1ccc([N+](=O)[O-])cc1. The summed E-state index contributed by atoms with van der Waals surface area (Å²) in [5.74, 6) is 2.17. The molecule has 0 fully saturated rings.